The number of carbonyl (C=O) groups is 1. The summed E-state index contributed by atoms with van der Waals surface area (Å²) in [5.74, 6) is 0.142. The number of amides is 1. The molecule has 0 spiro atoms. The Kier molecular flexibility index (Phi) is 5.52. The number of nitrogens with two attached hydrogens (primary N) is 1. The van der Waals surface area contributed by atoms with Crippen molar-refractivity contribution in [1.29, 1.82) is 0 Å². The molecule has 1 aliphatic carbocycles. The Bertz CT molecular complexity index is 425. The molecule has 0 unspecified atom stereocenters. The summed E-state index contributed by atoms with van der Waals surface area (Å²) in [4.78, 5) is 14.4. The molecule has 1 aromatic heterocycles. The van der Waals surface area contributed by atoms with Crippen LogP contribution in [0.5, 0.6) is 0 Å². The highest BCUT2D eigenvalue weighted by atomic mass is 16.2. The Morgan fingerprint density at radius 2 is 2.20 bits per heavy atom. The fourth-order valence-electron chi connectivity index (χ4n) is 2.94. The number of rotatable bonds is 6. The van der Waals surface area contributed by atoms with Gasteiger partial charge in [0.05, 0.1) is 5.69 Å². The van der Waals surface area contributed by atoms with Gasteiger partial charge in [-0.1, -0.05) is 24.5 Å². The van der Waals surface area contributed by atoms with Gasteiger partial charge in [0, 0.05) is 25.2 Å². The van der Waals surface area contributed by atoms with Crippen LogP contribution in [0.3, 0.4) is 0 Å². The third-order valence-electron chi connectivity index (χ3n) is 3.96. The van der Waals surface area contributed by atoms with Crippen molar-refractivity contribution in [2.24, 2.45) is 5.73 Å². The SMILES string of the molecule is CCN(C(=O)Cn1cc(CCN)nn1)C1CCCCC1. The maximum atomic E-state index is 12.4. The minimum absolute atomic E-state index is 0.142. The topological polar surface area (TPSA) is 77.0 Å². The van der Waals surface area contributed by atoms with E-state index in [-0.39, 0.29) is 12.5 Å². The molecule has 1 amide bonds. The smallest absolute Gasteiger partial charge is 0.244 e. The molecule has 6 nitrogen and oxygen atoms in total. The quantitative estimate of drug-likeness (QED) is 0.841. The maximum absolute atomic E-state index is 12.4. The second-order valence-corrected chi connectivity index (χ2v) is 5.42. The summed E-state index contributed by atoms with van der Waals surface area (Å²) in [5.41, 5.74) is 6.33. The van der Waals surface area contributed by atoms with Crippen LogP contribution < -0.4 is 5.73 Å². The van der Waals surface area contributed by atoms with Crippen molar-refractivity contribution in [2.45, 2.75) is 58.0 Å². The number of likely N-dealkylation sites (N-methyl/N-ethyl adjacent to an activating group) is 1. The zero-order valence-electron chi connectivity index (χ0n) is 12.3. The minimum atomic E-state index is 0.142. The van der Waals surface area contributed by atoms with Crippen LogP contribution in [-0.2, 0) is 17.8 Å². The number of aromatic nitrogens is 3. The Labute approximate surface area is 120 Å². The van der Waals surface area contributed by atoms with Crippen molar-refractivity contribution in [3.05, 3.63) is 11.9 Å². The van der Waals surface area contributed by atoms with Crippen LogP contribution in [0.1, 0.15) is 44.7 Å². The molecule has 0 bridgehead atoms. The normalized spacial score (nSPS) is 16.3. The van der Waals surface area contributed by atoms with Gasteiger partial charge in [0.25, 0.3) is 0 Å². The van der Waals surface area contributed by atoms with Crippen molar-refractivity contribution in [1.82, 2.24) is 19.9 Å². The van der Waals surface area contributed by atoms with Gasteiger partial charge in [-0.2, -0.15) is 0 Å². The van der Waals surface area contributed by atoms with Gasteiger partial charge >= 0.3 is 0 Å². The van der Waals surface area contributed by atoms with Gasteiger partial charge in [-0.3, -0.25) is 4.79 Å². The fourth-order valence-corrected chi connectivity index (χ4v) is 2.94. The number of nitrogens with zero attached hydrogens (tertiary/aromatic N) is 4. The predicted octanol–water partition coefficient (Wildman–Crippen LogP) is 0.960. The monoisotopic (exact) mass is 279 g/mol. The van der Waals surface area contributed by atoms with E-state index < -0.39 is 0 Å². The van der Waals surface area contributed by atoms with Crippen LogP contribution in [0, 0.1) is 0 Å². The molecule has 2 N–H and O–H groups in total. The average molecular weight is 279 g/mol. The van der Waals surface area contributed by atoms with Crippen LogP contribution in [0.2, 0.25) is 0 Å². The largest absolute Gasteiger partial charge is 0.338 e. The van der Waals surface area contributed by atoms with Gasteiger partial charge in [0.2, 0.25) is 5.91 Å². The van der Waals surface area contributed by atoms with Crippen LogP contribution in [0.25, 0.3) is 0 Å². The zero-order valence-corrected chi connectivity index (χ0v) is 12.3. The molecule has 1 aromatic rings. The molecule has 0 aromatic carbocycles. The summed E-state index contributed by atoms with van der Waals surface area (Å²) in [5, 5.41) is 8.02. The molecule has 20 heavy (non-hydrogen) atoms. The molecule has 2 rings (SSSR count). The first-order valence-electron chi connectivity index (χ1n) is 7.63. The summed E-state index contributed by atoms with van der Waals surface area (Å²) >= 11 is 0. The summed E-state index contributed by atoms with van der Waals surface area (Å²) in [7, 11) is 0. The van der Waals surface area contributed by atoms with Gasteiger partial charge in [-0.05, 0) is 26.3 Å². The lowest BCUT2D eigenvalue weighted by molar-refractivity contribution is -0.134. The summed E-state index contributed by atoms with van der Waals surface area (Å²) in [6, 6.07) is 0.410. The van der Waals surface area contributed by atoms with E-state index in [9.17, 15) is 4.79 Å². The molecule has 0 saturated heterocycles. The van der Waals surface area contributed by atoms with Gasteiger partial charge in [0.15, 0.2) is 0 Å². The van der Waals surface area contributed by atoms with Crippen molar-refractivity contribution in [3.63, 3.8) is 0 Å². The molecule has 112 valence electrons. The van der Waals surface area contributed by atoms with Crippen molar-refractivity contribution in [3.8, 4) is 0 Å². The minimum Gasteiger partial charge on any atom is -0.338 e. The first kappa shape index (κ1) is 15.0. The van der Waals surface area contributed by atoms with E-state index in [1.165, 1.54) is 19.3 Å². The first-order valence-corrected chi connectivity index (χ1v) is 7.63. The summed E-state index contributed by atoms with van der Waals surface area (Å²) < 4.78 is 1.62. The van der Waals surface area contributed by atoms with Gasteiger partial charge in [-0.25, -0.2) is 4.68 Å². The molecular weight excluding hydrogens is 254 g/mol. The molecular formula is C14H25N5O. The molecule has 0 atom stereocenters. The molecule has 1 aliphatic rings. The lowest BCUT2D eigenvalue weighted by atomic mass is 9.94. The fraction of sp³-hybridized carbons (Fsp3) is 0.786. The molecule has 1 fully saturated rings. The lowest BCUT2D eigenvalue weighted by Gasteiger charge is -2.33. The first-order chi connectivity index (χ1) is 9.74. The second-order valence-electron chi connectivity index (χ2n) is 5.42. The standard InChI is InChI=1S/C14H25N5O/c1-2-19(13-6-4-3-5-7-13)14(20)11-18-10-12(8-9-15)16-17-18/h10,13H,2-9,11,15H2,1H3. The summed E-state index contributed by atoms with van der Waals surface area (Å²) in [6.07, 6.45) is 8.56. The predicted molar refractivity (Wildman–Crippen MR) is 77.0 cm³/mol. The van der Waals surface area contributed by atoms with E-state index in [4.69, 9.17) is 5.73 Å². The molecule has 0 aliphatic heterocycles. The van der Waals surface area contributed by atoms with E-state index in [1.807, 2.05) is 18.0 Å². The van der Waals surface area contributed by atoms with E-state index >= 15 is 0 Å². The maximum Gasteiger partial charge on any atom is 0.244 e. The third-order valence-corrected chi connectivity index (χ3v) is 3.96. The van der Waals surface area contributed by atoms with E-state index in [0.29, 0.717) is 19.0 Å². The molecule has 1 heterocycles. The van der Waals surface area contributed by atoms with Gasteiger partial charge < -0.3 is 10.6 Å². The Hall–Kier alpha value is -1.43. The molecule has 1 saturated carbocycles. The average Bonchev–Trinajstić information content (AvgIpc) is 2.88. The van der Waals surface area contributed by atoms with Crippen LogP contribution in [0.4, 0.5) is 0 Å². The second kappa shape index (κ2) is 7.38. The van der Waals surface area contributed by atoms with Crippen LogP contribution >= 0.6 is 0 Å². The van der Waals surface area contributed by atoms with E-state index in [1.54, 1.807) is 4.68 Å². The highest BCUT2D eigenvalue weighted by Crippen LogP contribution is 2.22. The van der Waals surface area contributed by atoms with Crippen molar-refractivity contribution in [2.75, 3.05) is 13.1 Å². The van der Waals surface area contributed by atoms with E-state index in [0.717, 1.165) is 25.1 Å². The lowest BCUT2D eigenvalue weighted by Crippen LogP contribution is -2.43. The van der Waals surface area contributed by atoms with E-state index in [2.05, 4.69) is 10.3 Å². The zero-order chi connectivity index (χ0) is 14.4. The van der Waals surface area contributed by atoms with Gasteiger partial charge in [-0.15, -0.1) is 5.10 Å². The molecule has 6 heteroatoms. The van der Waals surface area contributed by atoms with Crippen LogP contribution in [0.15, 0.2) is 6.20 Å². The van der Waals surface area contributed by atoms with Gasteiger partial charge in [0.1, 0.15) is 6.54 Å². The van der Waals surface area contributed by atoms with Crippen molar-refractivity contribution >= 4 is 5.91 Å². The molecule has 0 radical (unpaired) electrons. The Balaban J connectivity index is 1.93. The number of carbonyl (C=O) groups excluding carboxylic acids is 1. The Morgan fingerprint density at radius 1 is 1.45 bits per heavy atom. The third kappa shape index (κ3) is 3.79. The summed E-state index contributed by atoms with van der Waals surface area (Å²) in [6.45, 7) is 3.65. The number of hydrogen-bond acceptors (Lipinski definition) is 4. The van der Waals surface area contributed by atoms with Crippen LogP contribution in [-0.4, -0.2) is 44.9 Å². The Morgan fingerprint density at radius 3 is 2.85 bits per heavy atom. The highest BCUT2D eigenvalue weighted by Gasteiger charge is 2.24. The number of hydrogen-bond donors (Lipinski definition) is 1. The van der Waals surface area contributed by atoms with Crippen molar-refractivity contribution < 1.29 is 4.79 Å². The highest BCUT2D eigenvalue weighted by molar-refractivity contribution is 5.76.